The van der Waals surface area contributed by atoms with Crippen molar-refractivity contribution in [2.45, 2.75) is 18.1 Å². The summed E-state index contributed by atoms with van der Waals surface area (Å²) in [7, 11) is 0. The number of alkyl halides is 1. The molecule has 3 atom stereocenters. The second-order valence-corrected chi connectivity index (χ2v) is 6.39. The number of carbonyl (C=O) groups is 1. The number of amides is 1. The first-order valence-electron chi connectivity index (χ1n) is 8.18. The van der Waals surface area contributed by atoms with Gasteiger partial charge in [0.25, 0.3) is 11.9 Å². The number of nitrogens with one attached hydrogen (secondary N) is 1. The Morgan fingerprint density at radius 1 is 1.19 bits per heavy atom. The first kappa shape index (κ1) is 16.6. The Labute approximate surface area is 147 Å². The van der Waals surface area contributed by atoms with Crippen molar-refractivity contribution in [1.29, 1.82) is 0 Å². The maximum Gasteiger partial charge on any atom is 0.292 e. The van der Waals surface area contributed by atoms with Crippen LogP contribution in [0.3, 0.4) is 0 Å². The van der Waals surface area contributed by atoms with Crippen LogP contribution in [0.25, 0.3) is 0 Å². The fraction of sp³-hybridized carbons (Fsp3) is 0.263. The summed E-state index contributed by atoms with van der Waals surface area (Å²) in [5.41, 5.74) is -1.39. The topological polar surface area (TPSA) is 50.7 Å². The SMILES string of the molecule is O=C(NC1=N[C@](CF)(c2cccc(F)c2F)[C@H]2CC2O1)c1ccccc1. The molecule has 0 spiro atoms. The van der Waals surface area contributed by atoms with Crippen LogP contribution in [0, 0.1) is 17.6 Å². The molecule has 1 saturated carbocycles. The van der Waals surface area contributed by atoms with Gasteiger partial charge in [-0.15, -0.1) is 0 Å². The molecule has 26 heavy (non-hydrogen) atoms. The standard InChI is InChI=1S/C19H15F3N2O2/c20-10-19(12-7-4-8-14(21)16(12)22)13-9-15(13)26-18(24-19)23-17(25)11-5-2-1-3-6-11/h1-8,13,15H,9-10H2,(H,23,24,25)/t13-,15?,19+/m0/s1. The number of carbonyl (C=O) groups excluding carboxylic acids is 1. The van der Waals surface area contributed by atoms with Crippen molar-refractivity contribution in [3.8, 4) is 0 Å². The summed E-state index contributed by atoms with van der Waals surface area (Å²) in [5.74, 6) is -3.07. The molecule has 2 aromatic carbocycles. The predicted octanol–water partition coefficient (Wildman–Crippen LogP) is 3.33. The molecular formula is C19H15F3N2O2. The molecule has 2 aromatic rings. The van der Waals surface area contributed by atoms with Gasteiger partial charge in [0.15, 0.2) is 11.6 Å². The molecule has 0 saturated heterocycles. The van der Waals surface area contributed by atoms with Crippen LogP contribution in [0.4, 0.5) is 13.2 Å². The van der Waals surface area contributed by atoms with E-state index in [-0.39, 0.29) is 11.6 Å². The highest BCUT2D eigenvalue weighted by atomic mass is 19.2. The van der Waals surface area contributed by atoms with Crippen molar-refractivity contribution in [1.82, 2.24) is 5.32 Å². The van der Waals surface area contributed by atoms with Gasteiger partial charge in [-0.25, -0.2) is 18.2 Å². The number of hydrogen-bond acceptors (Lipinski definition) is 3. The van der Waals surface area contributed by atoms with Gasteiger partial charge in [-0.05, 0) is 24.6 Å². The van der Waals surface area contributed by atoms with E-state index in [1.54, 1.807) is 30.3 Å². The van der Waals surface area contributed by atoms with Crippen molar-refractivity contribution in [3.05, 3.63) is 71.3 Å². The highest BCUT2D eigenvalue weighted by molar-refractivity contribution is 6.04. The maximum absolute atomic E-state index is 14.3. The molecule has 0 bridgehead atoms. The third kappa shape index (κ3) is 2.64. The Kier molecular flexibility index (Phi) is 3.94. The Morgan fingerprint density at radius 2 is 1.96 bits per heavy atom. The largest absolute Gasteiger partial charge is 0.461 e. The van der Waals surface area contributed by atoms with Crippen LogP contribution >= 0.6 is 0 Å². The number of fused-ring (bicyclic) bond motifs is 1. The molecule has 1 N–H and O–H groups in total. The van der Waals surface area contributed by atoms with E-state index in [0.717, 1.165) is 6.07 Å². The number of amidine groups is 1. The lowest BCUT2D eigenvalue weighted by atomic mass is 9.85. The third-order valence-corrected chi connectivity index (χ3v) is 4.79. The molecule has 7 heteroatoms. The van der Waals surface area contributed by atoms with E-state index in [0.29, 0.717) is 12.0 Å². The van der Waals surface area contributed by atoms with Crippen LogP contribution < -0.4 is 5.32 Å². The van der Waals surface area contributed by atoms with E-state index >= 15 is 0 Å². The van der Waals surface area contributed by atoms with Gasteiger partial charge in [0, 0.05) is 17.0 Å². The van der Waals surface area contributed by atoms with E-state index < -0.39 is 41.8 Å². The van der Waals surface area contributed by atoms with Crippen molar-refractivity contribution in [2.24, 2.45) is 10.9 Å². The van der Waals surface area contributed by atoms with E-state index in [1.807, 2.05) is 0 Å². The number of rotatable bonds is 3. The minimum absolute atomic E-state index is 0.165. The smallest absolute Gasteiger partial charge is 0.292 e. The zero-order valence-corrected chi connectivity index (χ0v) is 13.6. The van der Waals surface area contributed by atoms with Gasteiger partial charge in [0.1, 0.15) is 18.3 Å². The van der Waals surface area contributed by atoms with E-state index in [2.05, 4.69) is 10.3 Å². The zero-order valence-electron chi connectivity index (χ0n) is 13.6. The number of aliphatic imine (C=N–C) groups is 1. The van der Waals surface area contributed by atoms with Crippen LogP contribution in [0.2, 0.25) is 0 Å². The molecular weight excluding hydrogens is 345 g/mol. The normalized spacial score (nSPS) is 26.3. The number of halogens is 3. The minimum atomic E-state index is -1.60. The lowest BCUT2D eigenvalue weighted by molar-refractivity contribution is 0.0950. The van der Waals surface area contributed by atoms with Gasteiger partial charge in [-0.2, -0.15) is 0 Å². The first-order valence-corrected chi connectivity index (χ1v) is 8.18. The van der Waals surface area contributed by atoms with E-state index in [9.17, 15) is 18.0 Å². The highest BCUT2D eigenvalue weighted by Gasteiger charge is 2.60. The molecule has 2 aliphatic rings. The van der Waals surface area contributed by atoms with Gasteiger partial charge in [0.05, 0.1) is 0 Å². The molecule has 134 valence electrons. The molecule has 0 aromatic heterocycles. The third-order valence-electron chi connectivity index (χ3n) is 4.79. The van der Waals surface area contributed by atoms with E-state index in [4.69, 9.17) is 4.74 Å². The predicted molar refractivity (Wildman–Crippen MR) is 88.3 cm³/mol. The van der Waals surface area contributed by atoms with E-state index in [1.165, 1.54) is 12.1 Å². The molecule has 4 nitrogen and oxygen atoms in total. The fourth-order valence-corrected chi connectivity index (χ4v) is 3.35. The summed E-state index contributed by atoms with van der Waals surface area (Å²) in [4.78, 5) is 16.5. The second-order valence-electron chi connectivity index (χ2n) is 6.39. The zero-order chi connectivity index (χ0) is 18.3. The van der Waals surface area contributed by atoms with Crippen LogP contribution in [0.15, 0.2) is 53.5 Å². The highest BCUT2D eigenvalue weighted by Crippen LogP contribution is 2.53. The van der Waals surface area contributed by atoms with Crippen LogP contribution in [0.5, 0.6) is 0 Å². The average molecular weight is 360 g/mol. The summed E-state index contributed by atoms with van der Waals surface area (Å²) in [6.07, 6.45) is 0.0608. The molecule has 1 unspecified atom stereocenters. The van der Waals surface area contributed by atoms with Gasteiger partial charge in [-0.3, -0.25) is 10.1 Å². The Balaban J connectivity index is 1.70. The lowest BCUT2D eigenvalue weighted by Gasteiger charge is -2.32. The fourth-order valence-electron chi connectivity index (χ4n) is 3.35. The summed E-state index contributed by atoms with van der Waals surface area (Å²) < 4.78 is 47.6. The number of benzene rings is 2. The Bertz CT molecular complexity index is 888. The van der Waals surface area contributed by atoms with Crippen molar-refractivity contribution >= 4 is 11.9 Å². The van der Waals surface area contributed by atoms with Crippen molar-refractivity contribution < 1.29 is 22.7 Å². The molecule has 1 aliphatic carbocycles. The van der Waals surface area contributed by atoms with Crippen molar-refractivity contribution in [3.63, 3.8) is 0 Å². The van der Waals surface area contributed by atoms with Gasteiger partial charge in [0.2, 0.25) is 0 Å². The average Bonchev–Trinajstić information content (AvgIpc) is 3.44. The van der Waals surface area contributed by atoms with Gasteiger partial charge < -0.3 is 4.74 Å². The van der Waals surface area contributed by atoms with Crippen molar-refractivity contribution in [2.75, 3.05) is 6.67 Å². The maximum atomic E-state index is 14.3. The summed E-state index contributed by atoms with van der Waals surface area (Å²) in [6.45, 7) is -1.03. The first-order chi connectivity index (χ1) is 12.5. The number of nitrogens with zero attached hydrogens (tertiary/aromatic N) is 1. The monoisotopic (exact) mass is 360 g/mol. The van der Waals surface area contributed by atoms with Crippen LogP contribution in [0.1, 0.15) is 22.3 Å². The summed E-state index contributed by atoms with van der Waals surface area (Å²) >= 11 is 0. The Hall–Kier alpha value is -2.83. The van der Waals surface area contributed by atoms with Gasteiger partial charge in [-0.1, -0.05) is 30.3 Å². The molecule has 1 amide bonds. The molecule has 0 radical (unpaired) electrons. The molecule has 1 aliphatic heterocycles. The summed E-state index contributed by atoms with van der Waals surface area (Å²) in [5, 5.41) is 2.49. The quantitative estimate of drug-likeness (QED) is 0.913. The van der Waals surface area contributed by atoms with Gasteiger partial charge >= 0.3 is 0 Å². The molecule has 1 heterocycles. The lowest BCUT2D eigenvalue weighted by Crippen LogP contribution is -2.43. The molecule has 4 rings (SSSR count). The Morgan fingerprint density at radius 3 is 2.69 bits per heavy atom. The number of ether oxygens (including phenoxy) is 1. The summed E-state index contributed by atoms with van der Waals surface area (Å²) in [6, 6.07) is 11.8. The second kappa shape index (κ2) is 6.16. The molecule has 1 fully saturated rings. The van der Waals surface area contributed by atoms with Crippen LogP contribution in [-0.4, -0.2) is 24.7 Å². The van der Waals surface area contributed by atoms with Crippen LogP contribution in [-0.2, 0) is 10.3 Å². The number of hydrogen-bond donors (Lipinski definition) is 1. The minimum Gasteiger partial charge on any atom is -0.461 e.